The Morgan fingerprint density at radius 1 is 1.05 bits per heavy atom. The van der Waals surface area contributed by atoms with Gasteiger partial charge in [0.1, 0.15) is 0 Å². The summed E-state index contributed by atoms with van der Waals surface area (Å²) < 4.78 is 0. The molecule has 0 spiro atoms. The molecule has 118 valence electrons. The summed E-state index contributed by atoms with van der Waals surface area (Å²) in [5, 5.41) is 3.20. The predicted molar refractivity (Wildman–Crippen MR) is 86.0 cm³/mol. The van der Waals surface area contributed by atoms with Gasteiger partial charge in [0.25, 0.3) is 0 Å². The summed E-state index contributed by atoms with van der Waals surface area (Å²) in [6, 6.07) is 0.219. The average Bonchev–Trinajstić information content (AvgIpc) is 2.97. The van der Waals surface area contributed by atoms with Crippen molar-refractivity contribution in [3.63, 3.8) is 0 Å². The highest BCUT2D eigenvalue weighted by Crippen LogP contribution is 2.29. The maximum absolute atomic E-state index is 12.0. The summed E-state index contributed by atoms with van der Waals surface area (Å²) in [5.74, 6) is 1.65. The molecular formula is C16H31ClN2O. The van der Waals surface area contributed by atoms with Crippen LogP contribution in [0.1, 0.15) is 70.6 Å². The predicted octanol–water partition coefficient (Wildman–Crippen LogP) is 3.40. The number of nitrogens with two attached hydrogens (primary N) is 1. The van der Waals surface area contributed by atoms with E-state index in [2.05, 4.69) is 5.32 Å². The second-order valence-electron chi connectivity index (χ2n) is 6.50. The Bertz CT molecular complexity index is 274. The summed E-state index contributed by atoms with van der Waals surface area (Å²) in [4.78, 5) is 12.0. The van der Waals surface area contributed by atoms with Crippen molar-refractivity contribution < 1.29 is 4.79 Å². The molecule has 1 unspecified atom stereocenters. The van der Waals surface area contributed by atoms with Gasteiger partial charge < -0.3 is 11.1 Å². The van der Waals surface area contributed by atoms with Crippen molar-refractivity contribution in [2.45, 2.75) is 76.7 Å². The molecule has 4 heteroatoms. The van der Waals surface area contributed by atoms with E-state index in [0.717, 1.165) is 12.3 Å². The first-order valence-corrected chi connectivity index (χ1v) is 8.29. The molecular weight excluding hydrogens is 272 g/mol. The van der Waals surface area contributed by atoms with Gasteiger partial charge >= 0.3 is 0 Å². The first kappa shape index (κ1) is 17.8. The van der Waals surface area contributed by atoms with E-state index in [0.29, 0.717) is 18.9 Å². The lowest BCUT2D eigenvalue weighted by Gasteiger charge is -2.30. The molecule has 0 bridgehead atoms. The summed E-state index contributed by atoms with van der Waals surface area (Å²) >= 11 is 0. The number of hydrogen-bond acceptors (Lipinski definition) is 2. The van der Waals surface area contributed by atoms with E-state index < -0.39 is 0 Å². The number of rotatable bonds is 6. The molecule has 3 nitrogen and oxygen atoms in total. The highest BCUT2D eigenvalue weighted by molar-refractivity contribution is 5.85. The fourth-order valence-corrected chi connectivity index (χ4v) is 3.82. The molecule has 0 aromatic heterocycles. The van der Waals surface area contributed by atoms with Gasteiger partial charge in [-0.1, -0.05) is 44.9 Å². The molecule has 1 amide bonds. The van der Waals surface area contributed by atoms with E-state index in [1.807, 2.05) is 0 Å². The van der Waals surface area contributed by atoms with Gasteiger partial charge in [0.15, 0.2) is 0 Å². The van der Waals surface area contributed by atoms with Crippen LogP contribution in [-0.4, -0.2) is 18.5 Å². The van der Waals surface area contributed by atoms with Gasteiger partial charge in [-0.05, 0) is 31.1 Å². The van der Waals surface area contributed by atoms with Crippen LogP contribution >= 0.6 is 12.4 Å². The monoisotopic (exact) mass is 302 g/mol. The lowest BCUT2D eigenvalue weighted by molar-refractivity contribution is -0.122. The maximum atomic E-state index is 12.0. The minimum Gasteiger partial charge on any atom is -0.352 e. The SMILES string of the molecule is Cl.NCC(NC(=O)CCC1CCCC1)C1CCCCC1. The number of nitrogens with one attached hydrogen (secondary N) is 1. The van der Waals surface area contributed by atoms with Crippen LogP contribution < -0.4 is 11.1 Å². The number of amides is 1. The Morgan fingerprint density at radius 2 is 1.65 bits per heavy atom. The van der Waals surface area contributed by atoms with Crippen molar-refractivity contribution in [1.29, 1.82) is 0 Å². The van der Waals surface area contributed by atoms with Gasteiger partial charge in [-0.2, -0.15) is 0 Å². The lowest BCUT2D eigenvalue weighted by atomic mass is 9.84. The van der Waals surface area contributed by atoms with Crippen LogP contribution in [0, 0.1) is 11.8 Å². The second-order valence-corrected chi connectivity index (χ2v) is 6.50. The van der Waals surface area contributed by atoms with Crippen LogP contribution in [0.15, 0.2) is 0 Å². The van der Waals surface area contributed by atoms with E-state index in [4.69, 9.17) is 5.73 Å². The van der Waals surface area contributed by atoms with Crippen molar-refractivity contribution in [1.82, 2.24) is 5.32 Å². The van der Waals surface area contributed by atoms with Crippen molar-refractivity contribution in [2.75, 3.05) is 6.54 Å². The summed E-state index contributed by atoms with van der Waals surface area (Å²) in [6.07, 6.45) is 13.6. The Labute approximate surface area is 129 Å². The van der Waals surface area contributed by atoms with Crippen molar-refractivity contribution in [3.8, 4) is 0 Å². The second kappa shape index (κ2) is 9.62. The van der Waals surface area contributed by atoms with E-state index in [1.165, 1.54) is 57.8 Å². The van der Waals surface area contributed by atoms with E-state index in [-0.39, 0.29) is 24.4 Å². The molecule has 0 aliphatic heterocycles. The van der Waals surface area contributed by atoms with E-state index in [1.54, 1.807) is 0 Å². The fraction of sp³-hybridized carbons (Fsp3) is 0.938. The first-order chi connectivity index (χ1) is 9.29. The molecule has 0 aromatic carbocycles. The Kier molecular flexibility index (Phi) is 8.55. The summed E-state index contributed by atoms with van der Waals surface area (Å²) in [7, 11) is 0. The summed E-state index contributed by atoms with van der Waals surface area (Å²) in [6.45, 7) is 0.597. The quantitative estimate of drug-likeness (QED) is 0.790. The third kappa shape index (κ3) is 5.61. The van der Waals surface area contributed by atoms with Gasteiger partial charge in [-0.25, -0.2) is 0 Å². The highest BCUT2D eigenvalue weighted by Gasteiger charge is 2.24. The topological polar surface area (TPSA) is 55.1 Å². The molecule has 2 aliphatic carbocycles. The molecule has 1 atom stereocenters. The van der Waals surface area contributed by atoms with E-state index in [9.17, 15) is 4.79 Å². The average molecular weight is 303 g/mol. The molecule has 2 rings (SSSR count). The minimum atomic E-state index is 0. The molecule has 0 radical (unpaired) electrons. The van der Waals surface area contributed by atoms with Crippen LogP contribution in [0.4, 0.5) is 0 Å². The normalized spacial score (nSPS) is 22.2. The van der Waals surface area contributed by atoms with Crippen LogP contribution in [0.2, 0.25) is 0 Å². The molecule has 0 heterocycles. The number of carbonyl (C=O) groups is 1. The molecule has 2 saturated carbocycles. The van der Waals surface area contributed by atoms with Gasteiger partial charge in [0, 0.05) is 19.0 Å². The van der Waals surface area contributed by atoms with E-state index >= 15 is 0 Å². The third-order valence-electron chi connectivity index (χ3n) is 5.07. The zero-order valence-electron chi connectivity index (χ0n) is 12.6. The molecule has 2 fully saturated rings. The van der Waals surface area contributed by atoms with Gasteiger partial charge in [-0.15, -0.1) is 12.4 Å². The Morgan fingerprint density at radius 3 is 2.25 bits per heavy atom. The maximum Gasteiger partial charge on any atom is 0.220 e. The zero-order valence-corrected chi connectivity index (χ0v) is 13.4. The number of halogens is 1. The third-order valence-corrected chi connectivity index (χ3v) is 5.07. The number of hydrogen-bond donors (Lipinski definition) is 2. The zero-order chi connectivity index (χ0) is 13.5. The van der Waals surface area contributed by atoms with Crippen molar-refractivity contribution >= 4 is 18.3 Å². The van der Waals surface area contributed by atoms with Gasteiger partial charge in [-0.3, -0.25) is 4.79 Å². The van der Waals surface area contributed by atoms with Crippen LogP contribution in [0.5, 0.6) is 0 Å². The van der Waals surface area contributed by atoms with Crippen LogP contribution in [0.25, 0.3) is 0 Å². The molecule has 20 heavy (non-hydrogen) atoms. The van der Waals surface area contributed by atoms with Gasteiger partial charge in [0.2, 0.25) is 5.91 Å². The fourth-order valence-electron chi connectivity index (χ4n) is 3.82. The van der Waals surface area contributed by atoms with Crippen molar-refractivity contribution in [2.24, 2.45) is 17.6 Å². The standard InChI is InChI=1S/C16H30N2O.ClH/c17-12-15(14-8-2-1-3-9-14)18-16(19)11-10-13-6-4-5-7-13;/h13-15H,1-12,17H2,(H,18,19);1H. The minimum absolute atomic E-state index is 0. The highest BCUT2D eigenvalue weighted by atomic mass is 35.5. The summed E-state index contributed by atoms with van der Waals surface area (Å²) in [5.41, 5.74) is 5.86. The lowest BCUT2D eigenvalue weighted by Crippen LogP contribution is -2.45. The largest absolute Gasteiger partial charge is 0.352 e. The van der Waals surface area contributed by atoms with Crippen molar-refractivity contribution in [3.05, 3.63) is 0 Å². The molecule has 0 saturated heterocycles. The van der Waals surface area contributed by atoms with Gasteiger partial charge in [0.05, 0.1) is 0 Å². The number of carbonyl (C=O) groups excluding carboxylic acids is 1. The smallest absolute Gasteiger partial charge is 0.220 e. The molecule has 2 aliphatic rings. The Balaban J connectivity index is 0.00000200. The van der Waals surface area contributed by atoms with Crippen LogP contribution in [0.3, 0.4) is 0 Å². The Hall–Kier alpha value is -0.280. The molecule has 3 N–H and O–H groups in total. The van der Waals surface area contributed by atoms with Crippen LogP contribution in [-0.2, 0) is 4.79 Å². The molecule has 0 aromatic rings. The first-order valence-electron chi connectivity index (χ1n) is 8.29.